The molecule has 2 unspecified atom stereocenters. The first kappa shape index (κ1) is 6.37. The minimum atomic E-state index is 0.601. The second-order valence-corrected chi connectivity index (χ2v) is 2.93. The molecule has 2 bridgehead atoms. The molecule has 0 aromatic heterocycles. The molecule has 3 saturated heterocycles. The van der Waals surface area contributed by atoms with Crippen molar-refractivity contribution in [2.24, 2.45) is 0 Å². The van der Waals surface area contributed by atoms with E-state index in [-0.39, 0.29) is 0 Å². The number of carbonyl (C=O) groups is 1. The van der Waals surface area contributed by atoms with Crippen LogP contribution in [0.3, 0.4) is 0 Å². The molecule has 3 nitrogen and oxygen atoms in total. The van der Waals surface area contributed by atoms with Crippen LogP contribution in [0.25, 0.3) is 0 Å². The van der Waals surface area contributed by atoms with Gasteiger partial charge >= 0.3 is 0 Å². The van der Waals surface area contributed by atoms with E-state index in [0.29, 0.717) is 12.1 Å². The predicted octanol–water partition coefficient (Wildman–Crippen LogP) is -1.16. The summed E-state index contributed by atoms with van der Waals surface area (Å²) < 4.78 is 0. The van der Waals surface area contributed by atoms with E-state index >= 15 is 0 Å². The predicted molar refractivity (Wildman–Crippen MR) is 39.4 cm³/mol. The first-order chi connectivity index (χ1) is 4.92. The Morgan fingerprint density at radius 3 is 2.70 bits per heavy atom. The highest BCUT2D eigenvalue weighted by Crippen LogP contribution is 2.26. The first-order valence-corrected chi connectivity index (χ1v) is 3.68. The van der Waals surface area contributed by atoms with Crippen molar-refractivity contribution in [3.63, 3.8) is 0 Å². The summed E-state index contributed by atoms with van der Waals surface area (Å²) in [6, 6.07) is 1.20. The minimum Gasteiger partial charge on any atom is -0.332 e. The van der Waals surface area contributed by atoms with Crippen molar-refractivity contribution in [3.05, 3.63) is 0 Å². The van der Waals surface area contributed by atoms with E-state index in [1.54, 1.807) is 7.41 Å². The Hall–Kier alpha value is -0.345. The van der Waals surface area contributed by atoms with Crippen LogP contribution in [0, 0.1) is 0 Å². The topological polar surface area (TPSA) is 32.3 Å². The highest BCUT2D eigenvalue weighted by Gasteiger charge is 2.40. The van der Waals surface area contributed by atoms with E-state index in [0.717, 1.165) is 19.3 Å². The van der Waals surface area contributed by atoms with Gasteiger partial charge in [-0.15, -0.1) is 0 Å². The Labute approximate surface area is 61.0 Å². The highest BCUT2D eigenvalue weighted by molar-refractivity contribution is 6.64. The zero-order valence-corrected chi connectivity index (χ0v) is 5.79. The lowest BCUT2D eigenvalue weighted by Gasteiger charge is -2.52. The fraction of sp³-hybridized carbons (Fsp3) is 0.833. The lowest BCUT2D eigenvalue weighted by atomic mass is 9.77. The molecular formula is C6H10BN2O. The van der Waals surface area contributed by atoms with Crippen molar-refractivity contribution < 1.29 is 4.79 Å². The van der Waals surface area contributed by atoms with Crippen LogP contribution in [0.1, 0.15) is 6.42 Å². The third kappa shape index (κ3) is 0.795. The molecule has 4 heteroatoms. The van der Waals surface area contributed by atoms with Gasteiger partial charge in [0.25, 0.3) is 7.41 Å². The molecule has 3 aliphatic rings. The minimum absolute atomic E-state index is 0.601. The van der Waals surface area contributed by atoms with Gasteiger partial charge in [-0.2, -0.15) is 0 Å². The van der Waals surface area contributed by atoms with Gasteiger partial charge in [-0.1, -0.05) is 0 Å². The standard InChI is InChI=1S/C6H10BN2O/c10-4-7-9-5-1-6(9)3-8-2-5/h4-6,8H,1-3H2. The van der Waals surface area contributed by atoms with Crippen LogP contribution in [0.15, 0.2) is 0 Å². The van der Waals surface area contributed by atoms with Gasteiger partial charge in [0.1, 0.15) is 0 Å². The van der Waals surface area contributed by atoms with E-state index in [1.807, 2.05) is 0 Å². The number of rotatable bonds is 2. The van der Waals surface area contributed by atoms with Gasteiger partial charge < -0.3 is 14.9 Å². The third-order valence-corrected chi connectivity index (χ3v) is 2.38. The molecule has 0 aromatic rings. The van der Waals surface area contributed by atoms with E-state index in [9.17, 15) is 4.79 Å². The maximum Gasteiger partial charge on any atom is 0.293 e. The summed E-state index contributed by atoms with van der Waals surface area (Å²) in [6.07, 6.45) is 2.14. The Morgan fingerprint density at radius 1 is 1.50 bits per heavy atom. The summed E-state index contributed by atoms with van der Waals surface area (Å²) in [5.41, 5.74) is 0. The van der Waals surface area contributed by atoms with Crippen molar-refractivity contribution in [2.75, 3.05) is 13.1 Å². The number of carbonyl (C=O) groups excluding carboxylic acids is 1. The normalized spacial score (nSPS) is 38.4. The largest absolute Gasteiger partial charge is 0.332 e. The Morgan fingerprint density at radius 2 is 2.20 bits per heavy atom. The van der Waals surface area contributed by atoms with E-state index < -0.39 is 0 Å². The summed E-state index contributed by atoms with van der Waals surface area (Å²) in [5, 5.41) is 3.30. The number of piperazine rings is 1. The van der Waals surface area contributed by atoms with Crippen LogP contribution in [-0.2, 0) is 4.79 Å². The van der Waals surface area contributed by atoms with E-state index in [1.165, 1.54) is 6.42 Å². The number of nitrogens with one attached hydrogen (secondary N) is 1. The van der Waals surface area contributed by atoms with Crippen molar-refractivity contribution in [1.82, 2.24) is 10.1 Å². The zero-order chi connectivity index (χ0) is 6.97. The van der Waals surface area contributed by atoms with Gasteiger partial charge in [0.2, 0.25) is 0 Å². The van der Waals surface area contributed by atoms with E-state index in [2.05, 4.69) is 10.1 Å². The Balaban J connectivity index is 1.92. The molecule has 0 saturated carbocycles. The van der Waals surface area contributed by atoms with Gasteiger partial charge in [-0.25, -0.2) is 0 Å². The maximum atomic E-state index is 10.1. The second kappa shape index (κ2) is 2.36. The van der Waals surface area contributed by atoms with Crippen LogP contribution < -0.4 is 5.32 Å². The molecule has 3 heterocycles. The van der Waals surface area contributed by atoms with Crippen LogP contribution >= 0.6 is 0 Å². The van der Waals surface area contributed by atoms with Gasteiger partial charge in [0.15, 0.2) is 0 Å². The van der Waals surface area contributed by atoms with Gasteiger partial charge in [0.05, 0.1) is 6.19 Å². The van der Waals surface area contributed by atoms with Crippen LogP contribution in [-0.4, -0.2) is 43.6 Å². The van der Waals surface area contributed by atoms with Gasteiger partial charge in [-0.3, -0.25) is 0 Å². The molecule has 2 atom stereocenters. The summed E-state index contributed by atoms with van der Waals surface area (Å²) in [6.45, 7) is 2.08. The van der Waals surface area contributed by atoms with Crippen molar-refractivity contribution in [1.29, 1.82) is 0 Å². The number of piperidine rings is 1. The quantitative estimate of drug-likeness (QED) is 0.385. The molecule has 10 heavy (non-hydrogen) atoms. The molecule has 0 spiro atoms. The monoisotopic (exact) mass is 137 g/mol. The van der Waals surface area contributed by atoms with Crippen molar-refractivity contribution >= 4 is 13.6 Å². The Kier molecular flexibility index (Phi) is 1.50. The highest BCUT2D eigenvalue weighted by atomic mass is 16.1. The van der Waals surface area contributed by atoms with E-state index in [4.69, 9.17) is 0 Å². The molecule has 0 amide bonds. The zero-order valence-electron chi connectivity index (χ0n) is 5.79. The van der Waals surface area contributed by atoms with Gasteiger partial charge in [-0.05, 0) is 6.42 Å². The summed E-state index contributed by atoms with van der Waals surface area (Å²) >= 11 is 0. The molecule has 3 fully saturated rings. The van der Waals surface area contributed by atoms with Crippen LogP contribution in [0.2, 0.25) is 0 Å². The van der Waals surface area contributed by atoms with Crippen molar-refractivity contribution in [2.45, 2.75) is 18.5 Å². The van der Waals surface area contributed by atoms with Crippen LogP contribution in [0.5, 0.6) is 0 Å². The molecule has 0 aromatic carbocycles. The second-order valence-electron chi connectivity index (χ2n) is 2.93. The van der Waals surface area contributed by atoms with Crippen molar-refractivity contribution in [3.8, 4) is 0 Å². The fourth-order valence-corrected chi connectivity index (χ4v) is 1.83. The Bertz CT molecular complexity index is 139. The smallest absolute Gasteiger partial charge is 0.293 e. The lowest BCUT2D eigenvalue weighted by Crippen LogP contribution is -2.68. The first-order valence-electron chi connectivity index (χ1n) is 3.68. The summed E-state index contributed by atoms with van der Waals surface area (Å²) in [4.78, 5) is 12.3. The lowest BCUT2D eigenvalue weighted by molar-refractivity contribution is 0.0714. The summed E-state index contributed by atoms with van der Waals surface area (Å²) in [5.74, 6) is 0. The average Bonchev–Trinajstić information content (AvgIpc) is 2.01. The molecule has 53 valence electrons. The molecule has 1 radical (unpaired) electrons. The molecule has 1 N–H and O–H groups in total. The summed E-state index contributed by atoms with van der Waals surface area (Å²) in [7, 11) is 1.67. The molecule has 3 aliphatic heterocycles. The number of hydrogen-bond acceptors (Lipinski definition) is 3. The maximum absolute atomic E-state index is 10.1. The fourth-order valence-electron chi connectivity index (χ4n) is 1.83. The SMILES string of the molecule is O=C[B]N1C2CNCC1C2. The molecule has 3 rings (SSSR count). The number of hydrogen-bond donors (Lipinski definition) is 1. The molecule has 0 aliphatic carbocycles. The number of fused-ring (bicyclic) bond motifs is 2. The third-order valence-electron chi connectivity index (χ3n) is 2.38. The van der Waals surface area contributed by atoms with Crippen LogP contribution in [0.4, 0.5) is 0 Å². The molecular weight excluding hydrogens is 127 g/mol. The van der Waals surface area contributed by atoms with Gasteiger partial charge in [0, 0.05) is 25.2 Å². The number of nitrogens with zero attached hydrogens (tertiary/aromatic N) is 1. The average molecular weight is 137 g/mol.